The molecule has 2 saturated heterocycles. The Kier molecular flexibility index (Phi) is 5.96. The van der Waals surface area contributed by atoms with Gasteiger partial charge < -0.3 is 14.5 Å². The van der Waals surface area contributed by atoms with E-state index in [1.807, 2.05) is 0 Å². The van der Waals surface area contributed by atoms with Gasteiger partial charge in [0.15, 0.2) is 0 Å². The summed E-state index contributed by atoms with van der Waals surface area (Å²) in [5, 5.41) is 0. The van der Waals surface area contributed by atoms with Crippen molar-refractivity contribution in [3.63, 3.8) is 0 Å². The zero-order valence-corrected chi connectivity index (χ0v) is 13.9. The van der Waals surface area contributed by atoms with E-state index in [2.05, 4.69) is 16.7 Å². The van der Waals surface area contributed by atoms with Crippen molar-refractivity contribution in [2.24, 2.45) is 17.8 Å². The lowest BCUT2D eigenvalue weighted by atomic mass is 9.81. The molecule has 0 radical (unpaired) electrons. The normalized spacial score (nSPS) is 36.1. The average Bonchev–Trinajstić information content (AvgIpc) is 3.00. The van der Waals surface area contributed by atoms with Gasteiger partial charge in [0.2, 0.25) is 0 Å². The molecular formula is C18H34N2O. The van der Waals surface area contributed by atoms with Crippen molar-refractivity contribution < 1.29 is 4.74 Å². The van der Waals surface area contributed by atoms with Crippen LogP contribution in [0.4, 0.5) is 0 Å². The number of hydrogen-bond acceptors (Lipinski definition) is 3. The van der Waals surface area contributed by atoms with Crippen LogP contribution in [-0.2, 0) is 4.74 Å². The van der Waals surface area contributed by atoms with Crippen LogP contribution in [0.3, 0.4) is 0 Å². The zero-order chi connectivity index (χ0) is 14.5. The molecule has 3 nitrogen and oxygen atoms in total. The maximum Gasteiger partial charge on any atom is 0.0507 e. The molecule has 3 heteroatoms. The van der Waals surface area contributed by atoms with Gasteiger partial charge in [0.1, 0.15) is 0 Å². The second kappa shape index (κ2) is 7.94. The van der Waals surface area contributed by atoms with Gasteiger partial charge in [0.25, 0.3) is 0 Å². The van der Waals surface area contributed by atoms with Crippen LogP contribution in [0.25, 0.3) is 0 Å². The minimum Gasteiger partial charge on any atom is -0.381 e. The van der Waals surface area contributed by atoms with Gasteiger partial charge in [0.05, 0.1) is 6.61 Å². The maximum atomic E-state index is 5.50. The summed E-state index contributed by atoms with van der Waals surface area (Å²) in [5.41, 5.74) is 0. The molecule has 3 atom stereocenters. The molecule has 3 fully saturated rings. The van der Waals surface area contributed by atoms with Gasteiger partial charge in [0, 0.05) is 39.3 Å². The Morgan fingerprint density at radius 2 is 1.76 bits per heavy atom. The Hall–Kier alpha value is -0.120. The topological polar surface area (TPSA) is 15.7 Å². The van der Waals surface area contributed by atoms with Gasteiger partial charge in [-0.25, -0.2) is 0 Å². The summed E-state index contributed by atoms with van der Waals surface area (Å²) in [5.74, 6) is 2.80. The summed E-state index contributed by atoms with van der Waals surface area (Å²) in [4.78, 5) is 5.37. The second-order valence-electron chi connectivity index (χ2n) is 7.80. The van der Waals surface area contributed by atoms with Crippen molar-refractivity contribution >= 4 is 0 Å². The van der Waals surface area contributed by atoms with E-state index in [9.17, 15) is 0 Å². The first-order chi connectivity index (χ1) is 10.3. The van der Waals surface area contributed by atoms with Crippen LogP contribution in [-0.4, -0.2) is 62.3 Å². The Balaban J connectivity index is 1.30. The van der Waals surface area contributed by atoms with E-state index in [1.54, 1.807) is 0 Å². The zero-order valence-electron chi connectivity index (χ0n) is 13.9. The summed E-state index contributed by atoms with van der Waals surface area (Å²) in [7, 11) is 0. The standard InChI is InChI=1S/C18H34N2O/c1-16-3-2-4-17(13-16)5-7-19-8-10-20(11-9-19)14-18-6-12-21-15-18/h16-18H,2-15H2,1H3. The molecule has 1 aliphatic carbocycles. The van der Waals surface area contributed by atoms with Crippen molar-refractivity contribution in [2.45, 2.75) is 45.4 Å². The van der Waals surface area contributed by atoms with Crippen molar-refractivity contribution in [2.75, 3.05) is 52.5 Å². The molecule has 0 aromatic carbocycles. The fourth-order valence-electron chi connectivity index (χ4n) is 4.48. The van der Waals surface area contributed by atoms with Crippen LogP contribution >= 0.6 is 0 Å². The molecule has 0 spiro atoms. The third kappa shape index (κ3) is 4.94. The predicted molar refractivity (Wildman–Crippen MR) is 87.5 cm³/mol. The number of piperazine rings is 1. The molecule has 3 rings (SSSR count). The lowest BCUT2D eigenvalue weighted by Crippen LogP contribution is -2.48. The van der Waals surface area contributed by atoms with E-state index in [0.717, 1.165) is 31.0 Å². The SMILES string of the molecule is CC1CCCC(CCN2CCN(CC3CCOC3)CC2)C1. The minimum absolute atomic E-state index is 0.806. The average molecular weight is 294 g/mol. The van der Waals surface area contributed by atoms with Crippen LogP contribution < -0.4 is 0 Å². The van der Waals surface area contributed by atoms with Crippen LogP contribution in [0.1, 0.15) is 45.4 Å². The quantitative estimate of drug-likeness (QED) is 0.775. The highest BCUT2D eigenvalue weighted by Crippen LogP contribution is 2.30. The molecule has 2 aliphatic heterocycles. The first-order valence-electron chi connectivity index (χ1n) is 9.32. The van der Waals surface area contributed by atoms with Gasteiger partial charge in [-0.1, -0.05) is 26.2 Å². The van der Waals surface area contributed by atoms with E-state index in [1.165, 1.54) is 77.8 Å². The van der Waals surface area contributed by atoms with E-state index < -0.39 is 0 Å². The summed E-state index contributed by atoms with van der Waals surface area (Å²) in [6.45, 7) is 12.2. The molecule has 2 heterocycles. The van der Waals surface area contributed by atoms with Crippen molar-refractivity contribution in [3.05, 3.63) is 0 Å². The molecule has 0 N–H and O–H groups in total. The molecule has 1 saturated carbocycles. The Labute approximate surface area is 131 Å². The Bertz CT molecular complexity index is 296. The summed E-state index contributed by atoms with van der Waals surface area (Å²) < 4.78 is 5.50. The maximum absolute atomic E-state index is 5.50. The molecule has 0 bridgehead atoms. The van der Waals surface area contributed by atoms with Gasteiger partial charge in [-0.15, -0.1) is 0 Å². The first kappa shape index (κ1) is 15.8. The monoisotopic (exact) mass is 294 g/mol. The first-order valence-corrected chi connectivity index (χ1v) is 9.32. The van der Waals surface area contributed by atoms with E-state index in [-0.39, 0.29) is 0 Å². The van der Waals surface area contributed by atoms with Gasteiger partial charge >= 0.3 is 0 Å². The lowest BCUT2D eigenvalue weighted by Gasteiger charge is -2.37. The minimum atomic E-state index is 0.806. The smallest absolute Gasteiger partial charge is 0.0507 e. The Morgan fingerprint density at radius 3 is 2.48 bits per heavy atom. The molecule has 3 aliphatic rings. The van der Waals surface area contributed by atoms with Gasteiger partial charge in [-0.3, -0.25) is 0 Å². The van der Waals surface area contributed by atoms with Gasteiger partial charge in [-0.05, 0) is 43.6 Å². The molecule has 0 amide bonds. The van der Waals surface area contributed by atoms with Crippen LogP contribution in [0.2, 0.25) is 0 Å². The highest BCUT2D eigenvalue weighted by Gasteiger charge is 2.24. The number of hydrogen-bond donors (Lipinski definition) is 0. The molecule has 3 unspecified atom stereocenters. The van der Waals surface area contributed by atoms with Crippen LogP contribution in [0.5, 0.6) is 0 Å². The van der Waals surface area contributed by atoms with Crippen molar-refractivity contribution in [1.82, 2.24) is 9.80 Å². The van der Waals surface area contributed by atoms with Crippen LogP contribution in [0, 0.1) is 17.8 Å². The molecule has 21 heavy (non-hydrogen) atoms. The van der Waals surface area contributed by atoms with E-state index in [4.69, 9.17) is 4.74 Å². The fourth-order valence-corrected chi connectivity index (χ4v) is 4.48. The number of ether oxygens (including phenoxy) is 1. The van der Waals surface area contributed by atoms with E-state index >= 15 is 0 Å². The molecule has 122 valence electrons. The predicted octanol–water partition coefficient (Wildman–Crippen LogP) is 2.86. The summed E-state index contributed by atoms with van der Waals surface area (Å²) in [6.07, 6.45) is 8.65. The molecule has 0 aromatic heterocycles. The molecule has 0 aromatic rings. The van der Waals surface area contributed by atoms with E-state index in [0.29, 0.717) is 0 Å². The fraction of sp³-hybridized carbons (Fsp3) is 1.00. The van der Waals surface area contributed by atoms with Crippen molar-refractivity contribution in [3.8, 4) is 0 Å². The number of rotatable bonds is 5. The lowest BCUT2D eigenvalue weighted by molar-refractivity contribution is 0.103. The third-order valence-electron chi connectivity index (χ3n) is 5.90. The third-order valence-corrected chi connectivity index (χ3v) is 5.90. The molecular weight excluding hydrogens is 260 g/mol. The Morgan fingerprint density at radius 1 is 0.952 bits per heavy atom. The number of nitrogens with zero attached hydrogens (tertiary/aromatic N) is 2. The summed E-state index contributed by atoms with van der Waals surface area (Å²) in [6, 6.07) is 0. The van der Waals surface area contributed by atoms with Crippen LogP contribution in [0.15, 0.2) is 0 Å². The van der Waals surface area contributed by atoms with Crippen molar-refractivity contribution in [1.29, 1.82) is 0 Å². The highest BCUT2D eigenvalue weighted by molar-refractivity contribution is 4.78. The van der Waals surface area contributed by atoms with Gasteiger partial charge in [-0.2, -0.15) is 0 Å². The summed E-state index contributed by atoms with van der Waals surface area (Å²) >= 11 is 0. The largest absolute Gasteiger partial charge is 0.381 e. The second-order valence-corrected chi connectivity index (χ2v) is 7.80. The highest BCUT2D eigenvalue weighted by atomic mass is 16.5.